The topological polar surface area (TPSA) is 60.1 Å². The number of hydrogen-bond donors (Lipinski definition) is 0. The first-order valence-electron chi connectivity index (χ1n) is 9.04. The molecule has 0 spiro atoms. The van der Waals surface area contributed by atoms with Crippen molar-refractivity contribution in [1.29, 1.82) is 0 Å². The van der Waals surface area contributed by atoms with Crippen LogP contribution in [-0.2, 0) is 17.8 Å². The highest BCUT2D eigenvalue weighted by molar-refractivity contribution is 6.31. The number of amides is 1. The largest absolute Gasteiger partial charge is 0.346 e. The van der Waals surface area contributed by atoms with Gasteiger partial charge in [0, 0.05) is 24.4 Å². The van der Waals surface area contributed by atoms with Crippen LogP contribution in [0.5, 0.6) is 0 Å². The van der Waals surface area contributed by atoms with Crippen LogP contribution >= 0.6 is 11.6 Å². The van der Waals surface area contributed by atoms with Crippen molar-refractivity contribution in [3.8, 4) is 0 Å². The molecule has 0 aliphatic carbocycles. The molecule has 2 aromatic rings. The first kappa shape index (κ1) is 19.0. The van der Waals surface area contributed by atoms with Crippen molar-refractivity contribution in [3.63, 3.8) is 0 Å². The van der Waals surface area contributed by atoms with E-state index in [1.807, 2.05) is 0 Å². The monoisotopic (exact) mass is 414 g/mol. The summed E-state index contributed by atoms with van der Waals surface area (Å²) in [6, 6.07) is 3.03. The van der Waals surface area contributed by atoms with Crippen molar-refractivity contribution in [1.82, 2.24) is 19.2 Å². The zero-order valence-corrected chi connectivity index (χ0v) is 15.6. The number of carbonyl (C=O) groups excluding carboxylic acids is 1. The van der Waals surface area contributed by atoms with E-state index in [0.717, 1.165) is 11.0 Å². The van der Waals surface area contributed by atoms with Gasteiger partial charge < -0.3 is 4.90 Å². The van der Waals surface area contributed by atoms with Gasteiger partial charge in [-0.2, -0.15) is 5.10 Å². The van der Waals surface area contributed by atoms with Crippen LogP contribution < -0.4 is 5.69 Å². The minimum absolute atomic E-state index is 0.0221. The van der Waals surface area contributed by atoms with Crippen molar-refractivity contribution < 1.29 is 18.0 Å². The molecular weight excluding hydrogens is 397 g/mol. The lowest BCUT2D eigenvalue weighted by atomic mass is 10.0. The van der Waals surface area contributed by atoms with Crippen molar-refractivity contribution >= 4 is 17.5 Å². The highest BCUT2D eigenvalue weighted by atomic mass is 35.5. The lowest BCUT2D eigenvalue weighted by Gasteiger charge is -2.27. The molecule has 6 nitrogen and oxygen atoms in total. The molecule has 1 atom stereocenters. The minimum Gasteiger partial charge on any atom is -0.335 e. The number of alkyl halides is 2. The molecule has 0 radical (unpaired) electrons. The molecule has 28 heavy (non-hydrogen) atoms. The van der Waals surface area contributed by atoms with Gasteiger partial charge in [0.2, 0.25) is 5.91 Å². The summed E-state index contributed by atoms with van der Waals surface area (Å²) in [5.41, 5.74) is 0.0158. The molecule has 1 amide bonds. The van der Waals surface area contributed by atoms with Crippen LogP contribution in [0, 0.1) is 5.82 Å². The molecule has 0 N–H and O–H groups in total. The second-order valence-electron chi connectivity index (χ2n) is 7.24. The predicted molar refractivity (Wildman–Crippen MR) is 95.1 cm³/mol. The summed E-state index contributed by atoms with van der Waals surface area (Å²) in [6.45, 7) is -0.613. The van der Waals surface area contributed by atoms with E-state index in [-0.39, 0.29) is 24.5 Å². The Morgan fingerprint density at radius 2 is 2.14 bits per heavy atom. The van der Waals surface area contributed by atoms with Gasteiger partial charge >= 0.3 is 5.69 Å². The molecule has 0 saturated carbocycles. The standard InChI is InChI=1S/C18H18ClF3N4O2/c19-13-8-12(20)5-4-11(13)9-25-17(28)26-14(2-1-3-15(26)23-25)16(27)24-7-6-18(21,22)10-24/h4-5,8,14H,1-3,6-7,9-10H2. The average molecular weight is 415 g/mol. The molecule has 4 rings (SSSR count). The fraction of sp³-hybridized carbons (Fsp3) is 0.500. The fourth-order valence-corrected chi connectivity index (χ4v) is 4.04. The van der Waals surface area contributed by atoms with E-state index in [1.54, 1.807) is 0 Å². The van der Waals surface area contributed by atoms with Crippen LogP contribution in [0.1, 0.15) is 36.7 Å². The highest BCUT2D eigenvalue weighted by Crippen LogP contribution is 2.31. The van der Waals surface area contributed by atoms with Crippen molar-refractivity contribution in [2.45, 2.75) is 44.2 Å². The van der Waals surface area contributed by atoms with Crippen LogP contribution in [0.15, 0.2) is 23.0 Å². The Morgan fingerprint density at radius 3 is 2.82 bits per heavy atom. The van der Waals surface area contributed by atoms with Gasteiger partial charge in [-0.3, -0.25) is 9.36 Å². The van der Waals surface area contributed by atoms with Crippen LogP contribution in [0.25, 0.3) is 0 Å². The summed E-state index contributed by atoms with van der Waals surface area (Å²) in [5.74, 6) is -3.40. The number of fused-ring (bicyclic) bond motifs is 1. The number of halogens is 4. The van der Waals surface area contributed by atoms with E-state index in [0.29, 0.717) is 30.7 Å². The molecule has 10 heteroatoms. The number of benzene rings is 1. The maximum Gasteiger partial charge on any atom is 0.346 e. The van der Waals surface area contributed by atoms with E-state index in [9.17, 15) is 22.8 Å². The van der Waals surface area contributed by atoms with Crippen LogP contribution in [0.2, 0.25) is 5.02 Å². The second-order valence-corrected chi connectivity index (χ2v) is 7.64. The van der Waals surface area contributed by atoms with Gasteiger partial charge in [0.1, 0.15) is 17.7 Å². The average Bonchev–Trinajstić information content (AvgIpc) is 3.16. The molecule has 3 heterocycles. The SMILES string of the molecule is O=C(C1CCCc2nn(Cc3ccc(F)cc3Cl)c(=O)n21)N1CCC(F)(F)C1. The van der Waals surface area contributed by atoms with E-state index in [4.69, 9.17) is 11.6 Å². The third kappa shape index (κ3) is 3.43. The van der Waals surface area contributed by atoms with Gasteiger partial charge in [-0.25, -0.2) is 22.6 Å². The van der Waals surface area contributed by atoms with Crippen molar-refractivity contribution in [2.24, 2.45) is 0 Å². The minimum atomic E-state index is -2.89. The molecule has 1 unspecified atom stereocenters. The summed E-state index contributed by atoms with van der Waals surface area (Å²) in [7, 11) is 0. The van der Waals surface area contributed by atoms with Crippen LogP contribution in [0.4, 0.5) is 13.2 Å². The van der Waals surface area contributed by atoms with Gasteiger partial charge in [-0.05, 0) is 30.5 Å². The number of likely N-dealkylation sites (tertiary alicyclic amines) is 1. The van der Waals surface area contributed by atoms with E-state index in [1.165, 1.54) is 21.4 Å². The van der Waals surface area contributed by atoms with E-state index >= 15 is 0 Å². The Labute approximate surface area is 163 Å². The van der Waals surface area contributed by atoms with Crippen molar-refractivity contribution in [3.05, 3.63) is 50.9 Å². The Bertz CT molecular complexity index is 988. The Morgan fingerprint density at radius 1 is 1.36 bits per heavy atom. The molecule has 1 fully saturated rings. The molecule has 0 bridgehead atoms. The molecule has 1 aromatic heterocycles. The summed E-state index contributed by atoms with van der Waals surface area (Å²) in [4.78, 5) is 26.8. The Hall–Kier alpha value is -2.29. The Balaban J connectivity index is 1.63. The molecule has 2 aliphatic rings. The van der Waals surface area contributed by atoms with Gasteiger partial charge in [-0.15, -0.1) is 0 Å². The fourth-order valence-electron chi connectivity index (χ4n) is 3.81. The zero-order valence-electron chi connectivity index (χ0n) is 14.9. The maximum absolute atomic E-state index is 13.5. The summed E-state index contributed by atoms with van der Waals surface area (Å²) < 4.78 is 42.7. The van der Waals surface area contributed by atoms with E-state index in [2.05, 4.69) is 5.10 Å². The molecule has 1 saturated heterocycles. The quantitative estimate of drug-likeness (QED) is 0.775. The van der Waals surface area contributed by atoms with Crippen LogP contribution in [0.3, 0.4) is 0 Å². The molecule has 150 valence electrons. The van der Waals surface area contributed by atoms with Crippen molar-refractivity contribution in [2.75, 3.05) is 13.1 Å². The smallest absolute Gasteiger partial charge is 0.335 e. The first-order chi connectivity index (χ1) is 13.2. The zero-order chi connectivity index (χ0) is 20.1. The van der Waals surface area contributed by atoms with Gasteiger partial charge in [0.05, 0.1) is 13.1 Å². The number of hydrogen-bond acceptors (Lipinski definition) is 3. The van der Waals surface area contributed by atoms with Gasteiger partial charge in [0.15, 0.2) is 0 Å². The second kappa shape index (κ2) is 6.95. The number of rotatable bonds is 3. The van der Waals surface area contributed by atoms with Gasteiger partial charge in [0.25, 0.3) is 5.92 Å². The summed E-state index contributed by atoms with van der Waals surface area (Å²) >= 11 is 6.03. The predicted octanol–water partition coefficient (Wildman–Crippen LogP) is 2.63. The molecule has 2 aliphatic heterocycles. The normalized spacial score (nSPS) is 21.0. The Kier molecular flexibility index (Phi) is 4.73. The summed E-state index contributed by atoms with van der Waals surface area (Å²) in [5, 5.41) is 4.46. The first-order valence-corrected chi connectivity index (χ1v) is 9.42. The highest BCUT2D eigenvalue weighted by Gasteiger charge is 2.43. The maximum atomic E-state index is 13.5. The number of carbonyl (C=O) groups is 1. The summed E-state index contributed by atoms with van der Waals surface area (Å²) in [6.07, 6.45) is 1.18. The lowest BCUT2D eigenvalue weighted by molar-refractivity contribution is -0.135. The van der Waals surface area contributed by atoms with E-state index < -0.39 is 35.9 Å². The molecular formula is C18H18ClF3N4O2. The number of nitrogens with zero attached hydrogens (tertiary/aromatic N) is 4. The molecule has 1 aromatic carbocycles. The van der Waals surface area contributed by atoms with Crippen LogP contribution in [-0.4, -0.2) is 44.2 Å². The van der Waals surface area contributed by atoms with Gasteiger partial charge in [-0.1, -0.05) is 17.7 Å². The lowest BCUT2D eigenvalue weighted by Crippen LogP contribution is -2.42. The third-order valence-electron chi connectivity index (χ3n) is 5.23. The number of aromatic nitrogens is 3. The number of aryl methyl sites for hydroxylation is 1. The third-order valence-corrected chi connectivity index (χ3v) is 5.58.